The second-order valence-electron chi connectivity index (χ2n) is 31.1. The molecule has 8 aromatic carbocycles. The van der Waals surface area contributed by atoms with Crippen LogP contribution in [0.25, 0.3) is 0 Å². The standard InChI is InChI=1S/C24H34O2Si.C19H23NO.C18H20O2.C16H24O2Si.C8H9.ClH.Cu.HI.Mg/c1-18-11-7-8-12-19(18)15-22-21-14-10-9-13-20(21)16-24(22,25)17-26-27(5,6)23(2,3)4;1-14-7-3-4-8-15(14)11-18-17-10-6-5-9-16(17)12-19(18,21)13-20-2;1-13-6-2-3-7-14(13)10-17-16-9-5-4-8-15(16)11-18(17,20)12-19;1-15(2,3)19(4,5)17-11-16-10-12-8-6-7-9-13(12)14(16)18-16;1-7-5-3-4-6-8(7)2;;;;/h7-14,22,25H,15-17H2,1-6H3;3-10,18,20-21H,11-13H2,1-2H3;2-9,17,19-20H,10-12H2,1H3;6-9,14H,10-11H2,1-5H3;3-6H,1H2,2H3;1H;;1H;/q;;;;-1;;+1;;+2/p-2/t22-,24+;18-,19+;17-,18+;14-,16-;;;;;/m0001...../s1. The van der Waals surface area contributed by atoms with E-state index in [1.165, 1.54) is 77.9 Å². The van der Waals surface area contributed by atoms with Gasteiger partial charge in [-0.2, -0.15) is 24.1 Å². The van der Waals surface area contributed by atoms with E-state index in [0.29, 0.717) is 26.0 Å². The number of epoxide rings is 1. The molecular weight excluding hydrogens is 1450 g/mol. The molecule has 1 aliphatic heterocycles. The molecule has 1 saturated heterocycles. The SMILES string of the molecule is CC(C)(C)[Si](C)(C)OC[C@]12Cc3ccccc3[C@H]1O2.CNC[C@]1(O)Cc2ccccc2[C@@H]1Cc1ccccc1C.Cc1ccccc1C[C@H]1c2ccccc2C[C@@]1(O)CO.Cc1ccccc1C[C@H]1c2ccccc2C[C@@]1(O)CO[Si](C)(C)C(C)(C)C.[CH2-]c1ccccc1C.[Cl-].[Cu][I].[Mg+2]. The van der Waals surface area contributed by atoms with Crippen LogP contribution in [0.3, 0.4) is 0 Å². The molecule has 0 spiro atoms. The molecule has 14 heteroatoms. The first-order chi connectivity index (χ1) is 45.9. The van der Waals surface area contributed by atoms with Crippen LogP contribution >= 0.6 is 20.3 Å². The van der Waals surface area contributed by atoms with E-state index in [2.05, 4.69) is 266 Å². The molecular formula is C85H110ClCuIMgNO7Si2. The van der Waals surface area contributed by atoms with E-state index in [4.69, 9.17) is 13.6 Å². The molecule has 0 aromatic heterocycles. The van der Waals surface area contributed by atoms with Crippen molar-refractivity contribution in [1.82, 2.24) is 5.32 Å². The minimum atomic E-state index is -1.92. The monoisotopic (exact) mass is 1560 g/mol. The number of benzene rings is 8. The Balaban J connectivity index is 0.000000199. The fraction of sp³-hybridized carbons (Fsp3) is 0.424. The van der Waals surface area contributed by atoms with Gasteiger partial charge in [0.25, 0.3) is 0 Å². The molecule has 0 saturated carbocycles. The second-order valence-corrected chi connectivity index (χ2v) is 40.8. The fourth-order valence-corrected chi connectivity index (χ4v) is 16.1. The number of likely N-dealkylation sites (N-methyl/N-ethyl adjacent to an activating group) is 1. The smallest absolute Gasteiger partial charge is 2.00 e. The molecule has 0 radical (unpaired) electrons. The molecule has 532 valence electrons. The summed E-state index contributed by atoms with van der Waals surface area (Å²) in [7, 11) is -1.68. The van der Waals surface area contributed by atoms with Gasteiger partial charge in [-0.15, -0.1) is 12.1 Å². The van der Waals surface area contributed by atoms with E-state index in [9.17, 15) is 20.4 Å². The molecule has 99 heavy (non-hydrogen) atoms. The fourth-order valence-electron chi connectivity index (χ4n) is 14.0. The molecule has 0 amide bonds. The number of aliphatic hydroxyl groups is 4. The number of ether oxygens (including phenoxy) is 1. The molecule has 5 aliphatic rings. The number of rotatable bonds is 15. The number of hydrogen-bond donors (Lipinski definition) is 5. The molecule has 0 bridgehead atoms. The third kappa shape index (κ3) is 20.3. The summed E-state index contributed by atoms with van der Waals surface area (Å²) in [6.45, 7) is 36.6. The van der Waals surface area contributed by atoms with Crippen LogP contribution in [0.1, 0.15) is 154 Å². The van der Waals surface area contributed by atoms with Crippen LogP contribution < -0.4 is 17.7 Å². The van der Waals surface area contributed by atoms with Gasteiger partial charge in [-0.05, 0) is 161 Å². The van der Waals surface area contributed by atoms with Gasteiger partial charge in [-0.1, -0.05) is 224 Å². The maximum Gasteiger partial charge on any atom is 2.00 e. The van der Waals surface area contributed by atoms with Gasteiger partial charge in [0.1, 0.15) is 11.7 Å². The van der Waals surface area contributed by atoms with Crippen LogP contribution in [0.4, 0.5) is 0 Å². The summed E-state index contributed by atoms with van der Waals surface area (Å²) in [4.78, 5) is 0. The maximum atomic E-state index is 11.8. The molecule has 1 fully saturated rings. The molecule has 8 atom stereocenters. The van der Waals surface area contributed by atoms with Gasteiger partial charge in [-0.25, -0.2) is 0 Å². The van der Waals surface area contributed by atoms with Gasteiger partial charge < -0.3 is 51.7 Å². The summed E-state index contributed by atoms with van der Waals surface area (Å²) in [5.41, 5.74) is 17.7. The number of hydrogen-bond acceptors (Lipinski definition) is 8. The van der Waals surface area contributed by atoms with Gasteiger partial charge in [0.15, 0.2) is 16.6 Å². The zero-order chi connectivity index (χ0) is 70.8. The Morgan fingerprint density at radius 2 is 0.788 bits per heavy atom. The van der Waals surface area contributed by atoms with Gasteiger partial charge in [0, 0.05) is 50.0 Å². The first-order valence-electron chi connectivity index (χ1n) is 34.7. The second kappa shape index (κ2) is 35.7. The summed E-state index contributed by atoms with van der Waals surface area (Å²) in [6.07, 6.45) is 5.76. The van der Waals surface area contributed by atoms with E-state index in [0.717, 1.165) is 49.8 Å². The minimum absolute atomic E-state index is 0. The maximum absolute atomic E-state index is 11.8. The predicted molar refractivity (Wildman–Crippen MR) is 418 cm³/mol. The van der Waals surface area contributed by atoms with Crippen molar-refractivity contribution in [2.24, 2.45) is 0 Å². The summed E-state index contributed by atoms with van der Waals surface area (Å²) in [5, 5.41) is 46.9. The predicted octanol–water partition coefficient (Wildman–Crippen LogP) is 14.8. The normalized spacial score (nSPS) is 22.6. The summed E-state index contributed by atoms with van der Waals surface area (Å²) < 4.78 is 18.8. The van der Waals surface area contributed by atoms with Crippen molar-refractivity contribution in [3.05, 3.63) is 290 Å². The molecule has 0 unspecified atom stereocenters. The van der Waals surface area contributed by atoms with Crippen molar-refractivity contribution >= 4 is 60.0 Å². The third-order valence-electron chi connectivity index (χ3n) is 22.4. The first kappa shape index (κ1) is 84.0. The Labute approximate surface area is 639 Å². The quantitative estimate of drug-likeness (QED) is 0.0298. The van der Waals surface area contributed by atoms with Gasteiger partial charge in [0.05, 0.1) is 36.6 Å². The van der Waals surface area contributed by atoms with E-state index in [1.807, 2.05) is 55.6 Å². The zero-order valence-corrected chi connectivity index (χ0v) is 68.8. The minimum Gasteiger partial charge on any atom is 2.00 e. The number of nitrogens with one attached hydrogen (secondary N) is 1. The number of fused-ring (bicyclic) bond motifs is 6. The van der Waals surface area contributed by atoms with Crippen LogP contribution in [-0.2, 0) is 71.3 Å². The Morgan fingerprint density at radius 3 is 1.14 bits per heavy atom. The summed E-state index contributed by atoms with van der Waals surface area (Å²) in [5.74, 6) is 0.187. The van der Waals surface area contributed by atoms with Gasteiger partial charge >= 0.3 is 56.2 Å². The van der Waals surface area contributed by atoms with E-state index >= 15 is 0 Å². The molecule has 1 heterocycles. The number of aliphatic hydroxyl groups excluding tert-OH is 1. The Morgan fingerprint density at radius 1 is 0.475 bits per heavy atom. The van der Waals surface area contributed by atoms with Crippen molar-refractivity contribution < 1.29 is 59.2 Å². The van der Waals surface area contributed by atoms with Crippen LogP contribution in [-0.4, -0.2) is 116 Å². The zero-order valence-electron chi connectivity index (χ0n) is 61.5. The van der Waals surface area contributed by atoms with Crippen LogP contribution in [0.5, 0.6) is 0 Å². The van der Waals surface area contributed by atoms with Crippen molar-refractivity contribution in [3.8, 4) is 0 Å². The molecule has 8 aromatic rings. The van der Waals surface area contributed by atoms with Crippen LogP contribution in [0.15, 0.2) is 194 Å². The molecule has 8 nitrogen and oxygen atoms in total. The molecule has 5 N–H and O–H groups in total. The van der Waals surface area contributed by atoms with Gasteiger partial charge in [-0.3, -0.25) is 0 Å². The molecule has 4 aliphatic carbocycles. The average Bonchev–Trinajstić information content (AvgIpc) is 1.54. The average molecular weight is 1560 g/mol. The van der Waals surface area contributed by atoms with E-state index < -0.39 is 33.4 Å². The van der Waals surface area contributed by atoms with Crippen LogP contribution in [0.2, 0.25) is 36.3 Å². The van der Waals surface area contributed by atoms with Crippen molar-refractivity contribution in [3.63, 3.8) is 0 Å². The Hall–Kier alpha value is -3.95. The topological polar surface area (TPSA) is 124 Å². The van der Waals surface area contributed by atoms with E-state index in [-0.39, 0.29) is 81.6 Å². The largest absolute Gasteiger partial charge is 2.00 e. The van der Waals surface area contributed by atoms with Crippen molar-refractivity contribution in [1.29, 1.82) is 0 Å². The first-order valence-corrected chi connectivity index (χ1v) is 43.5. The van der Waals surface area contributed by atoms with Crippen LogP contribution in [0, 0.1) is 34.6 Å². The van der Waals surface area contributed by atoms with Crippen molar-refractivity contribution in [2.75, 3.05) is 33.4 Å². The van der Waals surface area contributed by atoms with Crippen molar-refractivity contribution in [2.45, 2.75) is 197 Å². The van der Waals surface area contributed by atoms with E-state index in [1.54, 1.807) is 20.3 Å². The number of halogens is 2. The molecule has 13 rings (SSSR count). The third-order valence-corrected chi connectivity index (χ3v) is 31.3. The summed E-state index contributed by atoms with van der Waals surface area (Å²) in [6, 6.07) is 67.0. The van der Waals surface area contributed by atoms with Gasteiger partial charge in [0.2, 0.25) is 0 Å². The Bertz CT molecular complexity index is 3880. The Kier molecular flexibility index (Phi) is 30.3. The summed E-state index contributed by atoms with van der Waals surface area (Å²) >= 11 is 5.87. The number of aryl methyl sites for hydroxylation is 4.